The maximum atomic E-state index is 13.4. The van der Waals surface area contributed by atoms with Gasteiger partial charge in [-0.1, -0.05) is 104 Å². The Hall–Kier alpha value is -3.21. The highest BCUT2D eigenvalue weighted by molar-refractivity contribution is 5.23. The van der Waals surface area contributed by atoms with E-state index in [4.69, 9.17) is 28.4 Å². The zero-order valence-electron chi connectivity index (χ0n) is 42.9. The number of hydrogen-bond acceptors (Lipinski definition) is 6. The Balaban J connectivity index is 0.000000161. The highest BCUT2D eigenvalue weighted by Crippen LogP contribution is 2.42. The fourth-order valence-corrected chi connectivity index (χ4v) is 12.1. The highest BCUT2D eigenvalue weighted by atomic mass is 19.2. The molecule has 3 saturated heterocycles. The van der Waals surface area contributed by atoms with Crippen molar-refractivity contribution >= 4 is 0 Å². The summed E-state index contributed by atoms with van der Waals surface area (Å²) in [6.07, 6.45) is 21.5. The maximum Gasteiger partial charge on any atom is 0.194 e. The van der Waals surface area contributed by atoms with Crippen LogP contribution in [0.4, 0.5) is 39.5 Å². The van der Waals surface area contributed by atoms with Crippen LogP contribution in [0.5, 0.6) is 0 Å². The molecule has 73 heavy (non-hydrogen) atoms. The minimum absolute atomic E-state index is 0.189. The smallest absolute Gasteiger partial charge is 0.194 e. The fraction of sp³-hybridized carbons (Fsp3) is 0.690. The second-order valence-electron chi connectivity index (χ2n) is 21.7. The van der Waals surface area contributed by atoms with Crippen LogP contribution in [0.25, 0.3) is 0 Å². The summed E-state index contributed by atoms with van der Waals surface area (Å²) in [5.41, 5.74) is 0.575. The zero-order valence-corrected chi connectivity index (χ0v) is 42.9. The summed E-state index contributed by atoms with van der Waals surface area (Å²) in [5.74, 6) is -6.32. The monoisotopic (exact) mass is 1040 g/mol. The summed E-state index contributed by atoms with van der Waals surface area (Å²) in [4.78, 5) is 0. The lowest BCUT2D eigenvalue weighted by Crippen LogP contribution is -2.34. The van der Waals surface area contributed by atoms with Gasteiger partial charge < -0.3 is 28.4 Å². The highest BCUT2D eigenvalue weighted by Gasteiger charge is 2.36. The van der Waals surface area contributed by atoms with Gasteiger partial charge in [0.15, 0.2) is 71.2 Å². The van der Waals surface area contributed by atoms with Crippen molar-refractivity contribution in [2.24, 2.45) is 53.3 Å². The van der Waals surface area contributed by atoms with Crippen LogP contribution in [0, 0.1) is 106 Å². The van der Waals surface area contributed by atoms with Gasteiger partial charge in [-0.15, -0.1) is 0 Å². The lowest BCUT2D eigenvalue weighted by Gasteiger charge is -2.38. The summed E-state index contributed by atoms with van der Waals surface area (Å²) in [6, 6.07) is 5.67. The molecule has 0 amide bonds. The summed E-state index contributed by atoms with van der Waals surface area (Å²) in [6.45, 7) is 9.84. The third-order valence-corrected chi connectivity index (χ3v) is 16.8. The van der Waals surface area contributed by atoms with E-state index in [1.165, 1.54) is 122 Å². The molecule has 3 aliphatic carbocycles. The van der Waals surface area contributed by atoms with Gasteiger partial charge in [-0.05, 0) is 110 Å². The molecular weight excluding hydrogens is 964 g/mol. The van der Waals surface area contributed by atoms with E-state index in [0.29, 0.717) is 75.1 Å². The van der Waals surface area contributed by atoms with E-state index in [-0.39, 0.29) is 16.7 Å². The van der Waals surface area contributed by atoms with E-state index in [1.54, 1.807) is 0 Å². The molecule has 3 saturated carbocycles. The summed E-state index contributed by atoms with van der Waals surface area (Å²) in [7, 11) is 0. The Morgan fingerprint density at radius 1 is 0.329 bits per heavy atom. The van der Waals surface area contributed by atoms with Gasteiger partial charge in [0, 0.05) is 34.4 Å². The van der Waals surface area contributed by atoms with E-state index >= 15 is 0 Å². The van der Waals surface area contributed by atoms with Gasteiger partial charge in [-0.2, -0.15) is 0 Å². The SMILES string of the molecule is CCC1CCC(C2COC(c3cc(F)c(F)c(F)c3)OC2)CC1.CCCC1CCC(C2COC(c3cc(F)c(F)c(F)c3)OC2)CC1.CCCCCC1CCC(C2COC(c3cc(F)c(F)c(F)c3)OC2)CC1. The zero-order chi connectivity index (χ0) is 52.0. The molecular formula is C58H77F9O6. The van der Waals surface area contributed by atoms with Crippen LogP contribution in [-0.2, 0) is 28.4 Å². The molecule has 0 N–H and O–H groups in total. The van der Waals surface area contributed by atoms with E-state index in [0.717, 1.165) is 54.2 Å². The standard InChI is InChI=1S/C21H29F3O2.C19H25F3O2.C18H23F3O2/c1-2-3-4-5-14-6-8-15(9-7-14)17-12-25-21(26-13-17)16-10-18(22)20(24)19(23)11-16;1-2-3-12-4-6-13(7-5-12)15-10-23-19(24-11-15)14-8-16(20)18(22)17(21)9-14;1-2-11-3-5-12(6-4-11)14-9-22-18(23-10-14)13-7-15(19)17(21)16(20)8-13/h10-11,14-15,17,21H,2-9,12-13H2,1H3;8-9,12-13,15,19H,2-7,10-11H2,1H3;7-8,11-12,14,18H,2-6,9-10H2,1H3. The number of unbranched alkanes of at least 4 members (excludes halogenated alkanes) is 2. The third kappa shape index (κ3) is 15.9. The molecule has 9 rings (SSSR count). The molecule has 0 unspecified atom stereocenters. The molecule has 3 aromatic carbocycles. The first kappa shape index (κ1) is 57.5. The minimum atomic E-state index is -1.46. The topological polar surface area (TPSA) is 55.4 Å². The van der Waals surface area contributed by atoms with Gasteiger partial charge in [-0.25, -0.2) is 39.5 Å². The predicted octanol–water partition coefficient (Wildman–Crippen LogP) is 16.5. The molecule has 0 atom stereocenters. The van der Waals surface area contributed by atoms with E-state index in [2.05, 4.69) is 20.8 Å². The Labute approximate surface area is 426 Å². The molecule has 3 aliphatic heterocycles. The molecule has 3 heterocycles. The van der Waals surface area contributed by atoms with Crippen LogP contribution in [0.1, 0.15) is 178 Å². The second-order valence-corrected chi connectivity index (χ2v) is 21.7. The van der Waals surface area contributed by atoms with Crippen LogP contribution in [0.3, 0.4) is 0 Å². The fourth-order valence-electron chi connectivity index (χ4n) is 12.1. The normalized spacial score (nSPS) is 30.9. The first-order valence-electron chi connectivity index (χ1n) is 27.4. The first-order chi connectivity index (χ1) is 35.2. The lowest BCUT2D eigenvalue weighted by molar-refractivity contribution is -0.215. The van der Waals surface area contributed by atoms with Crippen molar-refractivity contribution in [2.75, 3.05) is 39.6 Å². The van der Waals surface area contributed by atoms with Crippen LogP contribution >= 0.6 is 0 Å². The average molecular weight is 1040 g/mol. The van der Waals surface area contributed by atoms with E-state index in [9.17, 15) is 39.5 Å². The maximum absolute atomic E-state index is 13.4. The molecule has 0 radical (unpaired) electrons. The Kier molecular flexibility index (Phi) is 22.2. The van der Waals surface area contributed by atoms with Crippen molar-refractivity contribution in [3.63, 3.8) is 0 Å². The average Bonchev–Trinajstić information content (AvgIpc) is 3.42. The number of rotatable bonds is 13. The number of halogens is 9. The van der Waals surface area contributed by atoms with Gasteiger partial charge in [0.05, 0.1) is 39.6 Å². The van der Waals surface area contributed by atoms with Gasteiger partial charge in [0.1, 0.15) is 0 Å². The van der Waals surface area contributed by atoms with Crippen molar-refractivity contribution in [1.29, 1.82) is 0 Å². The number of ether oxygens (including phenoxy) is 6. The third-order valence-electron chi connectivity index (χ3n) is 16.8. The van der Waals surface area contributed by atoms with Gasteiger partial charge >= 0.3 is 0 Å². The van der Waals surface area contributed by atoms with Crippen LogP contribution in [-0.4, -0.2) is 39.6 Å². The Bertz CT molecular complexity index is 2060. The molecule has 408 valence electrons. The number of hydrogen-bond donors (Lipinski definition) is 0. The second kappa shape index (κ2) is 28.2. The van der Waals surface area contributed by atoms with Crippen molar-refractivity contribution in [2.45, 2.75) is 162 Å². The van der Waals surface area contributed by atoms with Crippen molar-refractivity contribution < 1.29 is 67.9 Å². The van der Waals surface area contributed by atoms with Gasteiger partial charge in [0.25, 0.3) is 0 Å². The summed E-state index contributed by atoms with van der Waals surface area (Å²) < 4.78 is 153. The van der Waals surface area contributed by atoms with Crippen LogP contribution in [0.15, 0.2) is 36.4 Å². The van der Waals surface area contributed by atoms with Crippen molar-refractivity contribution in [3.8, 4) is 0 Å². The Morgan fingerprint density at radius 3 is 0.863 bits per heavy atom. The quantitative estimate of drug-likeness (QED) is 0.0966. The van der Waals surface area contributed by atoms with E-state index < -0.39 is 71.2 Å². The van der Waals surface area contributed by atoms with Crippen molar-refractivity contribution in [3.05, 3.63) is 105 Å². The molecule has 0 aromatic heterocycles. The van der Waals surface area contributed by atoms with Gasteiger partial charge in [-0.3, -0.25) is 0 Å². The first-order valence-corrected chi connectivity index (χ1v) is 27.4. The van der Waals surface area contributed by atoms with Crippen LogP contribution in [0.2, 0.25) is 0 Å². The molecule has 0 bridgehead atoms. The van der Waals surface area contributed by atoms with E-state index in [1.807, 2.05) is 0 Å². The van der Waals surface area contributed by atoms with Crippen LogP contribution < -0.4 is 0 Å². The predicted molar refractivity (Wildman–Crippen MR) is 259 cm³/mol. The molecule has 15 heteroatoms. The molecule has 6 aliphatic rings. The van der Waals surface area contributed by atoms with Gasteiger partial charge in [0.2, 0.25) is 0 Å². The lowest BCUT2D eigenvalue weighted by atomic mass is 9.74. The van der Waals surface area contributed by atoms with Crippen molar-refractivity contribution in [1.82, 2.24) is 0 Å². The molecule has 6 nitrogen and oxygen atoms in total. The largest absolute Gasteiger partial charge is 0.348 e. The number of benzene rings is 3. The minimum Gasteiger partial charge on any atom is -0.348 e. The summed E-state index contributed by atoms with van der Waals surface area (Å²) >= 11 is 0. The molecule has 6 fully saturated rings. The Morgan fingerprint density at radius 2 is 0.603 bits per heavy atom. The molecule has 0 spiro atoms. The molecule has 3 aromatic rings. The summed E-state index contributed by atoms with van der Waals surface area (Å²) in [5, 5.41) is 0.